The number of hydrogen-bond donors (Lipinski definition) is 13. The molecule has 16 atom stereocenters. The maximum absolute atomic E-state index is 15.0. The molecule has 2 aromatic rings. The van der Waals surface area contributed by atoms with E-state index < -0.39 is 169 Å². The Labute approximate surface area is 474 Å². The van der Waals surface area contributed by atoms with Crippen molar-refractivity contribution in [1.29, 1.82) is 0 Å². The third kappa shape index (κ3) is 17.7. The van der Waals surface area contributed by atoms with Gasteiger partial charge in [-0.1, -0.05) is 74.9 Å². The number of benzene rings is 2. The Kier molecular flexibility index (Phi) is 23.9. The molecule has 2 fully saturated rings. The smallest absolute Gasteiger partial charge is 0.329 e. The lowest BCUT2D eigenvalue weighted by Gasteiger charge is -2.43. The second-order valence-electron chi connectivity index (χ2n) is 21.5. The summed E-state index contributed by atoms with van der Waals surface area (Å²) in [5.41, 5.74) is 6.45. The summed E-state index contributed by atoms with van der Waals surface area (Å²) in [7, 11) is 1.26. The second-order valence-corrected chi connectivity index (χ2v) is 21.5. The molecule has 2 heterocycles. The van der Waals surface area contributed by atoms with Gasteiger partial charge in [0.2, 0.25) is 53.2 Å². The molecule has 82 heavy (non-hydrogen) atoms. The highest BCUT2D eigenvalue weighted by Crippen LogP contribution is 2.27. The van der Waals surface area contributed by atoms with E-state index in [0.717, 1.165) is 16.7 Å². The van der Waals surface area contributed by atoms with Crippen molar-refractivity contribution >= 4 is 59.1 Å². The minimum atomic E-state index is -2.00. The summed E-state index contributed by atoms with van der Waals surface area (Å²) in [5.74, 6) is -11.9. The summed E-state index contributed by atoms with van der Waals surface area (Å²) in [4.78, 5) is 144. The van der Waals surface area contributed by atoms with Crippen LogP contribution in [0.5, 0.6) is 5.75 Å². The van der Waals surface area contributed by atoms with Gasteiger partial charge in [0.25, 0.3) is 0 Å². The first kappa shape index (κ1) is 65.3. The van der Waals surface area contributed by atoms with Gasteiger partial charge < -0.3 is 82.8 Å². The summed E-state index contributed by atoms with van der Waals surface area (Å²) in [5, 5.41) is 78.9. The lowest BCUT2D eigenvalue weighted by Crippen LogP contribution is -2.67. The molecule has 0 radical (unpaired) electrons. The summed E-state index contributed by atoms with van der Waals surface area (Å²) < 4.78 is 5.94. The number of cyclic esters (lactones) is 1. The van der Waals surface area contributed by atoms with Crippen LogP contribution in [0.3, 0.4) is 0 Å². The number of allylic oxidation sites excluding steroid dienone is 1. The van der Waals surface area contributed by atoms with E-state index in [-0.39, 0.29) is 50.7 Å². The van der Waals surface area contributed by atoms with Gasteiger partial charge in [-0.05, 0) is 94.4 Å². The van der Waals surface area contributed by atoms with Crippen molar-refractivity contribution in [3.63, 3.8) is 0 Å². The second kappa shape index (κ2) is 30.0. The molecule has 450 valence electrons. The number of nitrogens with two attached hydrogens (primary N) is 1. The largest absolute Gasteiger partial charge is 0.508 e. The number of phenolic OH excluding ortho intramolecular Hbond substituents is 1. The molecule has 2 aliphatic heterocycles. The van der Waals surface area contributed by atoms with Gasteiger partial charge in [-0.25, -0.2) is 4.79 Å². The monoisotopic (exact) mass is 1150 g/mol. The van der Waals surface area contributed by atoms with Gasteiger partial charge in [0.1, 0.15) is 72.5 Å². The number of phenols is 1. The van der Waals surface area contributed by atoms with Crippen LogP contribution in [-0.4, -0.2) is 192 Å². The molecular weight excluding hydrogens is 1070 g/mol. The normalized spacial score (nSPS) is 27.3. The maximum atomic E-state index is 15.0. The fraction of sp³-hybridized carbons (Fsp3) is 0.571. The summed E-state index contributed by atoms with van der Waals surface area (Å²) >= 11 is 0. The summed E-state index contributed by atoms with van der Waals surface area (Å²) in [6, 6.07) is 0.521. The van der Waals surface area contributed by atoms with Crippen LogP contribution in [0.25, 0.3) is 0 Å². The molecule has 0 saturated carbocycles. The van der Waals surface area contributed by atoms with Gasteiger partial charge in [0.05, 0.1) is 18.3 Å². The zero-order valence-corrected chi connectivity index (χ0v) is 46.8. The van der Waals surface area contributed by atoms with Crippen LogP contribution in [0, 0.1) is 11.8 Å². The molecule has 2 bridgehead atoms. The first-order valence-electron chi connectivity index (χ1n) is 27.5. The fourth-order valence-corrected chi connectivity index (χ4v) is 9.96. The predicted octanol–water partition coefficient (Wildman–Crippen LogP) is -2.68. The average Bonchev–Trinajstić information content (AvgIpc) is 3.52. The number of fused-ring (bicyclic) bond motifs is 2. The first-order valence-corrected chi connectivity index (χ1v) is 27.5. The molecule has 2 saturated heterocycles. The van der Waals surface area contributed by atoms with Crippen molar-refractivity contribution in [1.82, 2.24) is 41.7 Å². The Bertz CT molecular complexity index is 2620. The molecular formula is C56H79N9O17. The number of aliphatic hydroxyl groups excluding tert-OH is 5. The lowest BCUT2D eigenvalue weighted by atomic mass is 9.88. The standard InChI is InChI=1S/C56H79N9O17/c1-7-28(2)44-56(81)82-31(5)46(63-48(73)37(21-23-42(57)71)58-52(77)45(29(3)66)62-51(76)41(70)27-34-15-19-36(69)20-16-34)53(78)60-39(25-33-13-17-35(68)18-14-33)49(74)59-38-22-24-43(72)65(54(38)79)47(30(4)67)55(80)64(6)40(50(75)61-44)26-32-11-9-8-10-12-32/h8-13,15-17,19-20,28-31,33,35,37-41,43-47,66-70,72H,7,14,18,21-27H2,1-6H3,(H2,57,71)(H,58,77)(H,59,74)(H,60,78)(H,61,75)(H,62,76)(H,63,73). The Morgan fingerprint density at radius 3 is 2.05 bits per heavy atom. The van der Waals surface area contributed by atoms with E-state index in [1.807, 2.05) is 0 Å². The van der Waals surface area contributed by atoms with Crippen molar-refractivity contribution in [2.45, 2.75) is 184 Å². The minimum absolute atomic E-state index is 0.0723. The van der Waals surface area contributed by atoms with Crippen LogP contribution in [0.4, 0.5) is 0 Å². The number of carbonyl (C=O) groups excluding carboxylic acids is 10. The number of aromatic hydroxyl groups is 1. The predicted molar refractivity (Wildman–Crippen MR) is 291 cm³/mol. The molecule has 14 N–H and O–H groups in total. The van der Waals surface area contributed by atoms with Crippen LogP contribution in [-0.2, 0) is 65.5 Å². The van der Waals surface area contributed by atoms with Gasteiger partial charge in [0, 0.05) is 26.3 Å². The number of nitrogens with zero attached hydrogens (tertiary/aromatic N) is 2. The van der Waals surface area contributed by atoms with E-state index in [2.05, 4.69) is 31.9 Å². The van der Waals surface area contributed by atoms with E-state index in [1.165, 1.54) is 51.2 Å². The number of likely N-dealkylation sites (N-methyl/N-ethyl adjacent to an activating group) is 1. The van der Waals surface area contributed by atoms with Crippen molar-refractivity contribution in [2.75, 3.05) is 7.05 Å². The number of piperidine rings is 1. The number of aliphatic hydroxyl groups is 5. The number of carbonyl (C=O) groups is 10. The number of ether oxygens (including phenoxy) is 1. The topological polar surface area (TPSA) is 406 Å². The number of nitrogens with one attached hydrogen (secondary N) is 6. The molecule has 5 rings (SSSR count). The Balaban J connectivity index is 1.58. The highest BCUT2D eigenvalue weighted by molar-refractivity contribution is 5.99. The Morgan fingerprint density at radius 1 is 0.780 bits per heavy atom. The third-order valence-electron chi connectivity index (χ3n) is 15.1. The average molecular weight is 1150 g/mol. The van der Waals surface area contributed by atoms with E-state index in [9.17, 15) is 78.6 Å². The zero-order chi connectivity index (χ0) is 60.7. The minimum Gasteiger partial charge on any atom is -0.508 e. The van der Waals surface area contributed by atoms with Crippen LogP contribution in [0.15, 0.2) is 66.7 Å². The number of hydrogen-bond acceptors (Lipinski definition) is 17. The molecule has 2 aromatic carbocycles. The van der Waals surface area contributed by atoms with Crippen LogP contribution in [0.2, 0.25) is 0 Å². The fourth-order valence-electron chi connectivity index (χ4n) is 9.96. The Morgan fingerprint density at radius 2 is 1.45 bits per heavy atom. The highest BCUT2D eigenvalue weighted by atomic mass is 16.5. The quantitative estimate of drug-likeness (QED) is 0.0504. The highest BCUT2D eigenvalue weighted by Gasteiger charge is 2.48. The molecule has 26 nitrogen and oxygen atoms in total. The summed E-state index contributed by atoms with van der Waals surface area (Å²) in [6.07, 6.45) is -7.46. The van der Waals surface area contributed by atoms with E-state index in [1.54, 1.807) is 50.3 Å². The van der Waals surface area contributed by atoms with Crippen molar-refractivity contribution < 1.29 is 83.3 Å². The van der Waals surface area contributed by atoms with Crippen molar-refractivity contribution in [2.24, 2.45) is 17.6 Å². The van der Waals surface area contributed by atoms with Gasteiger partial charge in [-0.3, -0.25) is 43.2 Å². The summed E-state index contributed by atoms with van der Waals surface area (Å²) in [6.45, 7) is 6.86. The van der Waals surface area contributed by atoms with E-state index in [0.29, 0.717) is 17.5 Å². The van der Waals surface area contributed by atoms with Gasteiger partial charge >= 0.3 is 5.97 Å². The number of primary amides is 1. The molecule has 26 heteroatoms. The molecule has 16 unspecified atom stereocenters. The first-order chi connectivity index (χ1) is 38.7. The van der Waals surface area contributed by atoms with E-state index in [4.69, 9.17) is 10.5 Å². The van der Waals surface area contributed by atoms with Gasteiger partial charge in [-0.15, -0.1) is 0 Å². The van der Waals surface area contributed by atoms with Crippen molar-refractivity contribution in [3.8, 4) is 5.75 Å². The zero-order valence-electron chi connectivity index (χ0n) is 46.8. The number of esters is 1. The van der Waals surface area contributed by atoms with Crippen LogP contribution >= 0.6 is 0 Å². The van der Waals surface area contributed by atoms with Crippen LogP contribution in [0.1, 0.15) is 97.1 Å². The SMILES string of the molecule is CCC(C)C1NC(=O)C(Cc2ccccc2)N(C)C(=O)C(C(C)O)N2C(=O)C(CCC2O)NC(=O)C(CC2C=CC(O)CC2)NC(=O)C(NC(=O)C(CCC(N)=O)NC(=O)C(NC(=O)C(O)Cc2ccc(O)cc2)C(C)O)C(C)OC1=O. The number of rotatable bonds is 19. The van der Waals surface area contributed by atoms with Gasteiger partial charge in [-0.2, -0.15) is 0 Å². The molecule has 0 aromatic heterocycles. The lowest BCUT2D eigenvalue weighted by molar-refractivity contribution is -0.170. The molecule has 3 aliphatic rings. The molecule has 1 aliphatic carbocycles. The number of amides is 9. The Hall–Kier alpha value is -7.52. The third-order valence-corrected chi connectivity index (χ3v) is 15.1. The van der Waals surface area contributed by atoms with Crippen LogP contribution < -0.4 is 37.6 Å². The maximum Gasteiger partial charge on any atom is 0.329 e. The molecule has 0 spiro atoms. The molecule has 9 amide bonds. The van der Waals surface area contributed by atoms with Crippen molar-refractivity contribution in [3.05, 3.63) is 77.9 Å². The van der Waals surface area contributed by atoms with E-state index >= 15 is 0 Å². The van der Waals surface area contributed by atoms with Gasteiger partial charge in [0.15, 0.2) is 0 Å².